The molecule has 2 aromatic rings. The highest BCUT2D eigenvalue weighted by Gasteiger charge is 2.33. The van der Waals surface area contributed by atoms with Crippen LogP contribution in [0.1, 0.15) is 24.2 Å². The van der Waals surface area contributed by atoms with Crippen molar-refractivity contribution >= 4 is 29.3 Å². The number of hydrogen-bond acceptors (Lipinski definition) is 7. The van der Waals surface area contributed by atoms with Gasteiger partial charge < -0.3 is 0 Å². The number of nitrogens with zero attached hydrogens (tertiary/aromatic N) is 4. The molecule has 2 aliphatic carbocycles. The standard InChI is InChI=1S/C25H24F2N4OS2/c1-33-22-28-13-7-19(30-22)15-24(26)9-3-17(4-10-24)21(32)18-5-11-25(27,12-6-18)16-20-8-14-29-23(31-20)34-2/h3-9,11,13-14H,10,12,15-16H2,1-2H3. The number of ketones is 1. The highest BCUT2D eigenvalue weighted by molar-refractivity contribution is 7.98. The van der Waals surface area contributed by atoms with Crippen LogP contribution >= 0.6 is 23.5 Å². The molecule has 5 nitrogen and oxygen atoms in total. The minimum absolute atomic E-state index is 0.0682. The van der Waals surface area contributed by atoms with Crippen LogP contribution in [0.5, 0.6) is 0 Å². The predicted octanol–water partition coefficient (Wildman–Crippen LogP) is 5.25. The lowest BCUT2D eigenvalue weighted by Gasteiger charge is -2.25. The first-order valence-corrected chi connectivity index (χ1v) is 13.2. The molecular formula is C25H24F2N4OS2. The smallest absolute Gasteiger partial charge is 0.192 e. The quantitative estimate of drug-likeness (QED) is 0.364. The highest BCUT2D eigenvalue weighted by Crippen LogP contribution is 2.33. The van der Waals surface area contributed by atoms with Crippen LogP contribution in [0.15, 0.2) is 82.4 Å². The van der Waals surface area contributed by atoms with Crippen LogP contribution in [-0.4, -0.2) is 49.6 Å². The fraction of sp³-hybridized carbons (Fsp3) is 0.320. The summed E-state index contributed by atoms with van der Waals surface area (Å²) in [5.41, 5.74) is -1.20. The van der Waals surface area contributed by atoms with Gasteiger partial charge in [0.1, 0.15) is 11.3 Å². The molecule has 0 bridgehead atoms. The van der Waals surface area contributed by atoms with E-state index >= 15 is 8.78 Å². The second kappa shape index (κ2) is 10.3. The van der Waals surface area contributed by atoms with Crippen molar-refractivity contribution in [1.82, 2.24) is 19.9 Å². The van der Waals surface area contributed by atoms with Gasteiger partial charge in [0, 0.05) is 60.6 Å². The monoisotopic (exact) mass is 498 g/mol. The van der Waals surface area contributed by atoms with Gasteiger partial charge in [-0.3, -0.25) is 4.79 Å². The third-order valence-corrected chi connectivity index (χ3v) is 6.79. The topological polar surface area (TPSA) is 68.6 Å². The molecule has 176 valence electrons. The van der Waals surface area contributed by atoms with Crippen LogP contribution in [0.25, 0.3) is 0 Å². The van der Waals surface area contributed by atoms with E-state index in [2.05, 4.69) is 19.9 Å². The predicted molar refractivity (Wildman–Crippen MR) is 131 cm³/mol. The summed E-state index contributed by atoms with van der Waals surface area (Å²) >= 11 is 2.80. The molecule has 2 unspecified atom stereocenters. The van der Waals surface area contributed by atoms with Gasteiger partial charge >= 0.3 is 0 Å². The van der Waals surface area contributed by atoms with Gasteiger partial charge in [0.05, 0.1) is 0 Å². The molecule has 0 amide bonds. The Balaban J connectivity index is 1.38. The van der Waals surface area contributed by atoms with E-state index in [9.17, 15) is 4.79 Å². The Morgan fingerprint density at radius 1 is 0.853 bits per heavy atom. The molecule has 2 aliphatic rings. The third-order valence-electron chi connectivity index (χ3n) is 5.67. The Bertz CT molecular complexity index is 1120. The molecule has 9 heteroatoms. The average molecular weight is 499 g/mol. The number of carbonyl (C=O) groups is 1. The zero-order valence-corrected chi connectivity index (χ0v) is 20.5. The van der Waals surface area contributed by atoms with Gasteiger partial charge in [-0.05, 0) is 36.8 Å². The molecule has 2 aromatic heterocycles. The number of alkyl halides is 2. The maximum absolute atomic E-state index is 15.3. The van der Waals surface area contributed by atoms with Crippen molar-refractivity contribution in [3.05, 3.63) is 83.5 Å². The van der Waals surface area contributed by atoms with Crippen molar-refractivity contribution < 1.29 is 13.6 Å². The second-order valence-electron chi connectivity index (χ2n) is 8.22. The summed E-state index contributed by atoms with van der Waals surface area (Å²) in [7, 11) is 0. The zero-order chi connectivity index (χ0) is 24.2. The molecule has 4 rings (SSSR count). The van der Waals surface area contributed by atoms with Crippen molar-refractivity contribution in [2.75, 3.05) is 12.5 Å². The molecule has 0 radical (unpaired) electrons. The molecule has 0 aliphatic heterocycles. The SMILES string of the molecule is CSc1nccc(CC2(F)C=CC(C(=O)C3=CCC(F)(Cc4ccnc(SC)n4)C=C3)=CC2)n1. The van der Waals surface area contributed by atoms with Crippen LogP contribution in [-0.2, 0) is 17.6 Å². The molecule has 0 spiro atoms. The first kappa shape index (κ1) is 24.5. The fourth-order valence-corrected chi connectivity index (χ4v) is 4.57. The Kier molecular flexibility index (Phi) is 7.42. The highest BCUT2D eigenvalue weighted by atomic mass is 32.2. The van der Waals surface area contributed by atoms with Crippen molar-refractivity contribution in [2.45, 2.75) is 47.3 Å². The molecular weight excluding hydrogens is 474 g/mol. The Morgan fingerprint density at radius 2 is 1.29 bits per heavy atom. The molecule has 0 aromatic carbocycles. The van der Waals surface area contributed by atoms with Gasteiger partial charge in [-0.15, -0.1) is 0 Å². The summed E-state index contributed by atoms with van der Waals surface area (Å²) in [6.07, 6.45) is 16.4. The normalized spacial score (nSPS) is 24.0. The van der Waals surface area contributed by atoms with Crippen LogP contribution in [0.2, 0.25) is 0 Å². The summed E-state index contributed by atoms with van der Waals surface area (Å²) in [6.45, 7) is 0. The molecule has 0 saturated carbocycles. The summed E-state index contributed by atoms with van der Waals surface area (Å²) in [5, 5.41) is 1.19. The Hall–Kier alpha value is -2.65. The van der Waals surface area contributed by atoms with E-state index in [1.807, 2.05) is 12.5 Å². The van der Waals surface area contributed by atoms with Crippen LogP contribution in [0.4, 0.5) is 8.78 Å². The van der Waals surface area contributed by atoms with Gasteiger partial charge in [0.2, 0.25) is 0 Å². The molecule has 2 heterocycles. The number of thioether (sulfide) groups is 2. The van der Waals surface area contributed by atoms with E-state index in [-0.39, 0.29) is 31.5 Å². The first-order valence-electron chi connectivity index (χ1n) is 10.7. The third kappa shape index (κ3) is 5.88. The van der Waals surface area contributed by atoms with E-state index in [0.717, 1.165) is 0 Å². The lowest BCUT2D eigenvalue weighted by atomic mass is 9.84. The lowest BCUT2D eigenvalue weighted by Crippen LogP contribution is -2.27. The summed E-state index contributed by atoms with van der Waals surface area (Å²) in [6, 6.07) is 3.40. The fourth-order valence-electron chi connectivity index (χ4n) is 3.82. The maximum atomic E-state index is 15.3. The van der Waals surface area contributed by atoms with E-state index in [4.69, 9.17) is 0 Å². The zero-order valence-electron chi connectivity index (χ0n) is 18.9. The minimum Gasteiger partial charge on any atom is -0.289 e. The van der Waals surface area contributed by atoms with Crippen molar-refractivity contribution in [3.8, 4) is 0 Å². The average Bonchev–Trinajstić information content (AvgIpc) is 2.84. The summed E-state index contributed by atoms with van der Waals surface area (Å²) < 4.78 is 30.7. The number of carbonyl (C=O) groups excluding carboxylic acids is 1. The van der Waals surface area contributed by atoms with Gasteiger partial charge in [-0.1, -0.05) is 47.8 Å². The van der Waals surface area contributed by atoms with E-state index < -0.39 is 11.3 Å². The maximum Gasteiger partial charge on any atom is 0.192 e. The van der Waals surface area contributed by atoms with Gasteiger partial charge in [0.15, 0.2) is 16.1 Å². The van der Waals surface area contributed by atoms with Crippen LogP contribution < -0.4 is 0 Å². The van der Waals surface area contributed by atoms with Gasteiger partial charge in [-0.2, -0.15) is 0 Å². The second-order valence-corrected chi connectivity index (χ2v) is 9.76. The number of halogens is 2. The Labute approximate surface area is 206 Å². The number of Topliss-reactive ketones (excluding diaryl/α,β-unsaturated/α-hetero) is 1. The number of rotatable bonds is 8. The van der Waals surface area contributed by atoms with Crippen LogP contribution in [0, 0.1) is 0 Å². The van der Waals surface area contributed by atoms with Crippen molar-refractivity contribution in [3.63, 3.8) is 0 Å². The number of hydrogen-bond donors (Lipinski definition) is 0. The van der Waals surface area contributed by atoms with Crippen LogP contribution in [0.3, 0.4) is 0 Å². The van der Waals surface area contributed by atoms with E-state index in [1.165, 1.54) is 47.8 Å². The first-order chi connectivity index (χ1) is 16.3. The van der Waals surface area contributed by atoms with Crippen molar-refractivity contribution in [2.24, 2.45) is 0 Å². The van der Waals surface area contributed by atoms with Gasteiger partial charge in [0.25, 0.3) is 0 Å². The number of allylic oxidation sites excluding steroid dienone is 8. The molecule has 0 fully saturated rings. The Morgan fingerprint density at radius 3 is 1.65 bits per heavy atom. The largest absolute Gasteiger partial charge is 0.289 e. The van der Waals surface area contributed by atoms with E-state index in [0.29, 0.717) is 32.8 Å². The molecule has 0 saturated heterocycles. The van der Waals surface area contributed by atoms with Crippen molar-refractivity contribution in [1.29, 1.82) is 0 Å². The number of aromatic nitrogens is 4. The lowest BCUT2D eigenvalue weighted by molar-refractivity contribution is -0.111. The molecule has 0 N–H and O–H groups in total. The van der Waals surface area contributed by atoms with E-state index in [1.54, 1.807) is 36.7 Å². The minimum atomic E-state index is -1.62. The van der Waals surface area contributed by atoms with Gasteiger partial charge in [-0.25, -0.2) is 28.7 Å². The summed E-state index contributed by atoms with van der Waals surface area (Å²) in [4.78, 5) is 29.8. The summed E-state index contributed by atoms with van der Waals surface area (Å²) in [5.74, 6) is -0.241. The molecule has 34 heavy (non-hydrogen) atoms. The molecule has 2 atom stereocenters.